The van der Waals surface area contributed by atoms with Gasteiger partial charge in [0, 0.05) is 17.8 Å². The molecular formula is C25H29N5O2S. The van der Waals surface area contributed by atoms with Crippen LogP contribution >= 0.6 is 11.8 Å². The molecule has 0 aliphatic rings. The van der Waals surface area contributed by atoms with E-state index in [1.165, 1.54) is 17.3 Å². The first-order valence-corrected chi connectivity index (χ1v) is 11.8. The molecule has 1 heterocycles. The number of nitrogens with one attached hydrogen (secondary N) is 2. The maximum absolute atomic E-state index is 12.6. The number of carbonyl (C=O) groups excluding carboxylic acids is 2. The molecule has 3 aromatic rings. The van der Waals surface area contributed by atoms with E-state index in [1.807, 2.05) is 60.9 Å². The quantitative estimate of drug-likeness (QED) is 0.340. The maximum atomic E-state index is 12.6. The van der Waals surface area contributed by atoms with E-state index in [2.05, 4.69) is 34.3 Å². The van der Waals surface area contributed by atoms with Crippen LogP contribution in [0, 0.1) is 6.92 Å². The van der Waals surface area contributed by atoms with Gasteiger partial charge in [-0.2, -0.15) is 0 Å². The summed E-state index contributed by atoms with van der Waals surface area (Å²) >= 11 is 1.29. The largest absolute Gasteiger partial charge is 0.342 e. The van der Waals surface area contributed by atoms with Crippen LogP contribution in [0.2, 0.25) is 0 Å². The van der Waals surface area contributed by atoms with Gasteiger partial charge in [-0.3, -0.25) is 9.59 Å². The molecule has 2 amide bonds. The predicted octanol–water partition coefficient (Wildman–Crippen LogP) is 4.56. The molecule has 7 nitrogen and oxygen atoms in total. The molecule has 0 bridgehead atoms. The molecule has 0 aliphatic heterocycles. The first-order valence-electron chi connectivity index (χ1n) is 10.8. The van der Waals surface area contributed by atoms with Gasteiger partial charge < -0.3 is 15.2 Å². The standard InChI is InChI=1S/C25H29N5O2S/c1-5-14-30-23(18(4)26-24(32)20-9-7-8-17(3)15-20)28-29-25(30)33-16-22(31)27-21-12-10-19(6-2)11-13-21/h5,7-13,15,18H,1,6,14,16H2,2-4H3,(H,26,32)(H,27,31)/t18-/m1/s1. The van der Waals surface area contributed by atoms with Gasteiger partial charge in [-0.05, 0) is 50.1 Å². The first kappa shape index (κ1) is 24.3. The second-order valence-corrected chi connectivity index (χ2v) is 8.63. The molecule has 1 atom stereocenters. The Morgan fingerprint density at radius 1 is 1.18 bits per heavy atom. The summed E-state index contributed by atoms with van der Waals surface area (Å²) < 4.78 is 1.86. The first-order chi connectivity index (χ1) is 15.9. The van der Waals surface area contributed by atoms with Gasteiger partial charge in [0.05, 0.1) is 11.8 Å². The Morgan fingerprint density at radius 2 is 1.94 bits per heavy atom. The predicted molar refractivity (Wildman–Crippen MR) is 132 cm³/mol. The minimum absolute atomic E-state index is 0.125. The number of carbonyl (C=O) groups is 2. The fourth-order valence-corrected chi connectivity index (χ4v) is 4.06. The Morgan fingerprint density at radius 3 is 2.61 bits per heavy atom. The summed E-state index contributed by atoms with van der Waals surface area (Å²) in [5, 5.41) is 15.0. The lowest BCUT2D eigenvalue weighted by molar-refractivity contribution is -0.113. The molecule has 8 heteroatoms. The molecule has 0 saturated heterocycles. The summed E-state index contributed by atoms with van der Waals surface area (Å²) in [4.78, 5) is 25.1. The third-order valence-electron chi connectivity index (χ3n) is 5.05. The number of aryl methyl sites for hydroxylation is 2. The molecule has 0 radical (unpaired) electrons. The van der Waals surface area contributed by atoms with Gasteiger partial charge in [0.1, 0.15) is 0 Å². The van der Waals surface area contributed by atoms with E-state index in [9.17, 15) is 9.59 Å². The van der Waals surface area contributed by atoms with Gasteiger partial charge in [-0.1, -0.05) is 54.6 Å². The molecule has 1 aromatic heterocycles. The Kier molecular flexibility index (Phi) is 8.43. The highest BCUT2D eigenvalue weighted by Gasteiger charge is 2.20. The van der Waals surface area contributed by atoms with Crippen LogP contribution in [-0.4, -0.2) is 32.3 Å². The van der Waals surface area contributed by atoms with E-state index in [0.29, 0.717) is 23.1 Å². The Bertz CT molecular complexity index is 1120. The highest BCUT2D eigenvalue weighted by atomic mass is 32.2. The van der Waals surface area contributed by atoms with Crippen LogP contribution in [0.25, 0.3) is 0 Å². The molecule has 0 saturated carbocycles. The molecule has 2 N–H and O–H groups in total. The summed E-state index contributed by atoms with van der Waals surface area (Å²) in [6.45, 7) is 10.2. The average molecular weight is 464 g/mol. The second kappa shape index (κ2) is 11.5. The number of amides is 2. The molecule has 0 aliphatic carbocycles. The Hall–Kier alpha value is -3.39. The van der Waals surface area contributed by atoms with Crippen LogP contribution in [-0.2, 0) is 17.8 Å². The lowest BCUT2D eigenvalue weighted by Gasteiger charge is -2.15. The van der Waals surface area contributed by atoms with E-state index in [1.54, 1.807) is 12.1 Å². The summed E-state index contributed by atoms with van der Waals surface area (Å²) in [6, 6.07) is 14.9. The van der Waals surface area contributed by atoms with Crippen LogP contribution in [0.4, 0.5) is 5.69 Å². The van der Waals surface area contributed by atoms with Gasteiger partial charge in [-0.15, -0.1) is 16.8 Å². The molecule has 172 valence electrons. The van der Waals surface area contributed by atoms with E-state index >= 15 is 0 Å². The number of anilines is 1. The number of hydrogen-bond acceptors (Lipinski definition) is 5. The molecule has 33 heavy (non-hydrogen) atoms. The molecule has 2 aromatic carbocycles. The number of benzene rings is 2. The molecule has 0 fully saturated rings. The number of rotatable bonds is 10. The smallest absolute Gasteiger partial charge is 0.251 e. The van der Waals surface area contributed by atoms with Crippen molar-refractivity contribution in [1.82, 2.24) is 20.1 Å². The van der Waals surface area contributed by atoms with E-state index in [4.69, 9.17) is 0 Å². The highest BCUT2D eigenvalue weighted by Crippen LogP contribution is 2.22. The zero-order valence-electron chi connectivity index (χ0n) is 19.2. The lowest BCUT2D eigenvalue weighted by Crippen LogP contribution is -2.28. The fraction of sp³-hybridized carbons (Fsp3) is 0.280. The minimum Gasteiger partial charge on any atom is -0.342 e. The highest BCUT2D eigenvalue weighted by molar-refractivity contribution is 7.99. The number of aromatic nitrogens is 3. The Labute approximate surface area is 198 Å². The zero-order valence-corrected chi connectivity index (χ0v) is 20.0. The van der Waals surface area contributed by atoms with Crippen molar-refractivity contribution in [2.24, 2.45) is 0 Å². The van der Waals surface area contributed by atoms with Crippen LogP contribution in [0.1, 0.15) is 47.2 Å². The topological polar surface area (TPSA) is 88.9 Å². The van der Waals surface area contributed by atoms with Gasteiger partial charge in [0.15, 0.2) is 11.0 Å². The van der Waals surface area contributed by atoms with Crippen LogP contribution in [0.15, 0.2) is 66.3 Å². The summed E-state index contributed by atoms with van der Waals surface area (Å²) in [6.07, 6.45) is 2.69. The zero-order chi connectivity index (χ0) is 23.8. The van der Waals surface area contributed by atoms with E-state index in [0.717, 1.165) is 17.7 Å². The summed E-state index contributed by atoms with van der Waals surface area (Å²) in [7, 11) is 0. The molecular weight excluding hydrogens is 434 g/mol. The van der Waals surface area contributed by atoms with E-state index < -0.39 is 0 Å². The average Bonchev–Trinajstić information content (AvgIpc) is 3.21. The van der Waals surface area contributed by atoms with Crippen molar-refractivity contribution in [2.45, 2.75) is 44.9 Å². The van der Waals surface area contributed by atoms with Gasteiger partial charge >= 0.3 is 0 Å². The minimum atomic E-state index is -0.370. The van der Waals surface area contributed by atoms with Crippen molar-refractivity contribution in [3.63, 3.8) is 0 Å². The third-order valence-corrected chi connectivity index (χ3v) is 6.02. The van der Waals surface area contributed by atoms with Crippen molar-refractivity contribution in [2.75, 3.05) is 11.1 Å². The molecule has 3 rings (SSSR count). The lowest BCUT2D eigenvalue weighted by atomic mass is 10.1. The fourth-order valence-electron chi connectivity index (χ4n) is 3.31. The van der Waals surface area contributed by atoms with Crippen molar-refractivity contribution in [3.05, 3.63) is 83.7 Å². The van der Waals surface area contributed by atoms with Crippen LogP contribution in [0.3, 0.4) is 0 Å². The SMILES string of the molecule is C=CCn1c(SCC(=O)Nc2ccc(CC)cc2)nnc1[C@@H](C)NC(=O)c1cccc(C)c1. The second-order valence-electron chi connectivity index (χ2n) is 7.69. The Balaban J connectivity index is 1.64. The van der Waals surface area contributed by atoms with Crippen LogP contribution < -0.4 is 10.6 Å². The van der Waals surface area contributed by atoms with Crippen molar-refractivity contribution >= 4 is 29.3 Å². The maximum Gasteiger partial charge on any atom is 0.251 e. The monoisotopic (exact) mass is 463 g/mol. The van der Waals surface area contributed by atoms with Gasteiger partial charge in [0.2, 0.25) is 5.91 Å². The summed E-state index contributed by atoms with van der Waals surface area (Å²) in [5.41, 5.74) is 3.59. The van der Waals surface area contributed by atoms with Gasteiger partial charge in [-0.25, -0.2) is 0 Å². The number of hydrogen-bond donors (Lipinski definition) is 2. The number of nitrogens with zero attached hydrogens (tertiary/aromatic N) is 3. The van der Waals surface area contributed by atoms with Crippen molar-refractivity contribution in [3.8, 4) is 0 Å². The number of thioether (sulfide) groups is 1. The third kappa shape index (κ3) is 6.55. The van der Waals surface area contributed by atoms with Crippen molar-refractivity contribution in [1.29, 1.82) is 0 Å². The van der Waals surface area contributed by atoms with Crippen molar-refractivity contribution < 1.29 is 9.59 Å². The summed E-state index contributed by atoms with van der Waals surface area (Å²) in [5.74, 6) is 0.491. The van der Waals surface area contributed by atoms with E-state index in [-0.39, 0.29) is 23.6 Å². The van der Waals surface area contributed by atoms with Crippen LogP contribution in [0.5, 0.6) is 0 Å². The number of allylic oxidation sites excluding steroid dienone is 1. The molecule has 0 unspecified atom stereocenters. The normalized spacial score (nSPS) is 11.6. The molecule has 0 spiro atoms. The van der Waals surface area contributed by atoms with Gasteiger partial charge in [0.25, 0.3) is 5.91 Å².